The molecule has 43 heavy (non-hydrogen) atoms. The van der Waals surface area contributed by atoms with E-state index in [0.29, 0.717) is 0 Å². The van der Waals surface area contributed by atoms with Crippen LogP contribution in [-0.2, 0) is 4.79 Å². The maximum absolute atomic E-state index is 12.4. The topological polar surface area (TPSA) is 37.3 Å². The quantitative estimate of drug-likeness (QED) is 0.0720. The Kier molecular flexibility index (Phi) is 32.4. The fourth-order valence-corrected chi connectivity index (χ4v) is 7.33. The van der Waals surface area contributed by atoms with Crippen molar-refractivity contribution >= 4 is 5.97 Å². The van der Waals surface area contributed by atoms with Crippen LogP contribution in [0, 0.1) is 11.3 Å². The van der Waals surface area contributed by atoms with E-state index >= 15 is 0 Å². The Balaban J connectivity index is 3.76. The lowest BCUT2D eigenvalue weighted by atomic mass is 9.69. The highest BCUT2D eigenvalue weighted by Crippen LogP contribution is 2.40. The summed E-state index contributed by atoms with van der Waals surface area (Å²) in [6.07, 6.45) is 45.4. The number of carbonyl (C=O) groups is 1. The smallest absolute Gasteiger partial charge is 0.309 e. The van der Waals surface area contributed by atoms with Crippen molar-refractivity contribution in [2.24, 2.45) is 11.3 Å². The van der Waals surface area contributed by atoms with Crippen molar-refractivity contribution in [3.63, 3.8) is 0 Å². The van der Waals surface area contributed by atoms with Crippen LogP contribution >= 0.6 is 0 Å². The van der Waals surface area contributed by atoms with Gasteiger partial charge in [-0.2, -0.15) is 0 Å². The number of aliphatic carboxylic acids is 1. The molecule has 0 aromatic heterocycles. The molecule has 0 aliphatic carbocycles. The van der Waals surface area contributed by atoms with E-state index in [1.165, 1.54) is 193 Å². The molecule has 0 aliphatic rings. The maximum Gasteiger partial charge on any atom is 0.309 e. The zero-order valence-corrected chi connectivity index (χ0v) is 30.5. The highest BCUT2D eigenvalue weighted by molar-refractivity contribution is 5.74. The van der Waals surface area contributed by atoms with Crippen LogP contribution in [0.5, 0.6) is 0 Å². The molecule has 0 saturated heterocycles. The molecule has 0 rings (SSSR count). The van der Waals surface area contributed by atoms with E-state index in [-0.39, 0.29) is 5.92 Å². The van der Waals surface area contributed by atoms with Crippen LogP contribution < -0.4 is 0 Å². The summed E-state index contributed by atoms with van der Waals surface area (Å²) in [5.74, 6) is -0.252. The van der Waals surface area contributed by atoms with Gasteiger partial charge in [-0.05, 0) is 25.2 Å². The van der Waals surface area contributed by atoms with Crippen molar-refractivity contribution in [2.45, 2.75) is 246 Å². The summed E-state index contributed by atoms with van der Waals surface area (Å²) in [5, 5.41) is 10.2. The average molecular weight is 607 g/mol. The van der Waals surface area contributed by atoms with Crippen molar-refractivity contribution in [1.29, 1.82) is 0 Å². The molecule has 2 nitrogen and oxygen atoms in total. The van der Waals surface area contributed by atoms with Crippen LogP contribution in [0.3, 0.4) is 0 Å². The molecule has 0 saturated carbocycles. The normalized spacial score (nSPS) is 13.8. The zero-order valence-electron chi connectivity index (χ0n) is 30.5. The highest BCUT2D eigenvalue weighted by atomic mass is 16.4. The van der Waals surface area contributed by atoms with E-state index in [2.05, 4.69) is 27.7 Å². The number of carboxylic acids is 1. The number of rotatable bonds is 36. The number of hydrogen-bond donors (Lipinski definition) is 1. The monoisotopic (exact) mass is 607 g/mol. The van der Waals surface area contributed by atoms with E-state index in [9.17, 15) is 9.90 Å². The summed E-state index contributed by atoms with van der Waals surface area (Å²) in [6.45, 7) is 8.93. The number of carboxylic acid groups (broad SMARTS) is 1. The third-order valence-corrected chi connectivity index (χ3v) is 10.7. The molecule has 0 heterocycles. The molecule has 0 aromatic carbocycles. The SMILES string of the molecule is CCCCCCCCCCCCCCCCCCCCC(CC)(C(=O)O)C(C)CCCCCCCCCCCCCCC. The second kappa shape index (κ2) is 32.9. The summed E-state index contributed by atoms with van der Waals surface area (Å²) in [7, 11) is 0. The molecule has 0 spiro atoms. The second-order valence-electron chi connectivity index (χ2n) is 14.5. The van der Waals surface area contributed by atoms with Gasteiger partial charge in [0, 0.05) is 0 Å². The fourth-order valence-electron chi connectivity index (χ4n) is 7.33. The number of unbranched alkanes of at least 4 members (excludes halogenated alkanes) is 29. The standard InChI is InChI=1S/C41H82O2/c1-5-8-10-12-14-16-18-20-21-22-23-24-26-28-30-32-34-36-38-41(7-3,40(42)43)39(4)37-35-33-31-29-27-25-19-17-15-13-11-9-6-2/h39H,5-38H2,1-4H3,(H,42,43). The van der Waals surface area contributed by atoms with Crippen LogP contribution in [0.1, 0.15) is 246 Å². The molecule has 2 atom stereocenters. The van der Waals surface area contributed by atoms with Crippen LogP contribution in [0.15, 0.2) is 0 Å². The molecular weight excluding hydrogens is 524 g/mol. The Bertz CT molecular complexity index is 558. The Morgan fingerprint density at radius 2 is 0.698 bits per heavy atom. The Labute approximate surface area is 272 Å². The van der Waals surface area contributed by atoms with Crippen LogP contribution in [0.4, 0.5) is 0 Å². The Morgan fingerprint density at radius 3 is 0.953 bits per heavy atom. The maximum atomic E-state index is 12.4. The molecular formula is C41H82O2. The van der Waals surface area contributed by atoms with Crippen LogP contribution in [0.2, 0.25) is 0 Å². The van der Waals surface area contributed by atoms with Crippen molar-refractivity contribution < 1.29 is 9.90 Å². The van der Waals surface area contributed by atoms with Gasteiger partial charge in [-0.15, -0.1) is 0 Å². The summed E-state index contributed by atoms with van der Waals surface area (Å²) in [5.41, 5.74) is -0.508. The first-order valence-electron chi connectivity index (χ1n) is 20.3. The summed E-state index contributed by atoms with van der Waals surface area (Å²) in [6, 6.07) is 0. The van der Waals surface area contributed by atoms with E-state index in [0.717, 1.165) is 25.7 Å². The molecule has 0 bridgehead atoms. The predicted octanol–water partition coefficient (Wildman–Crippen LogP) is 15.0. The van der Waals surface area contributed by atoms with E-state index in [1.54, 1.807) is 0 Å². The Morgan fingerprint density at radius 1 is 0.442 bits per heavy atom. The molecule has 0 radical (unpaired) electrons. The largest absolute Gasteiger partial charge is 0.481 e. The average Bonchev–Trinajstić information content (AvgIpc) is 3.00. The lowest BCUT2D eigenvalue weighted by molar-refractivity contribution is -0.153. The van der Waals surface area contributed by atoms with E-state index in [1.807, 2.05) is 0 Å². The minimum Gasteiger partial charge on any atom is -0.481 e. The van der Waals surface area contributed by atoms with Gasteiger partial charge in [0.15, 0.2) is 0 Å². The van der Waals surface area contributed by atoms with Crippen molar-refractivity contribution in [3.8, 4) is 0 Å². The van der Waals surface area contributed by atoms with E-state index < -0.39 is 11.4 Å². The van der Waals surface area contributed by atoms with Gasteiger partial charge in [0.25, 0.3) is 0 Å². The molecule has 2 unspecified atom stereocenters. The van der Waals surface area contributed by atoms with Gasteiger partial charge in [0.1, 0.15) is 0 Å². The molecule has 0 fully saturated rings. The first-order chi connectivity index (χ1) is 21.0. The fraction of sp³-hybridized carbons (Fsp3) is 0.976. The third kappa shape index (κ3) is 25.4. The first kappa shape index (κ1) is 42.5. The molecule has 1 N–H and O–H groups in total. The lowest BCUT2D eigenvalue weighted by Gasteiger charge is -2.35. The minimum absolute atomic E-state index is 0.286. The third-order valence-electron chi connectivity index (χ3n) is 10.7. The van der Waals surface area contributed by atoms with Crippen molar-refractivity contribution in [2.75, 3.05) is 0 Å². The highest BCUT2D eigenvalue weighted by Gasteiger charge is 2.40. The van der Waals surface area contributed by atoms with Gasteiger partial charge in [-0.1, -0.05) is 227 Å². The summed E-state index contributed by atoms with van der Waals surface area (Å²) in [4.78, 5) is 12.4. The molecule has 258 valence electrons. The summed E-state index contributed by atoms with van der Waals surface area (Å²) < 4.78 is 0. The molecule has 0 aliphatic heterocycles. The van der Waals surface area contributed by atoms with Crippen LogP contribution in [0.25, 0.3) is 0 Å². The van der Waals surface area contributed by atoms with Gasteiger partial charge >= 0.3 is 5.97 Å². The summed E-state index contributed by atoms with van der Waals surface area (Å²) >= 11 is 0. The second-order valence-corrected chi connectivity index (χ2v) is 14.5. The van der Waals surface area contributed by atoms with Crippen molar-refractivity contribution in [1.82, 2.24) is 0 Å². The van der Waals surface area contributed by atoms with Gasteiger partial charge in [0.2, 0.25) is 0 Å². The van der Waals surface area contributed by atoms with Gasteiger partial charge in [0.05, 0.1) is 5.41 Å². The van der Waals surface area contributed by atoms with Gasteiger partial charge in [-0.25, -0.2) is 0 Å². The van der Waals surface area contributed by atoms with E-state index in [4.69, 9.17) is 0 Å². The predicted molar refractivity (Wildman–Crippen MR) is 193 cm³/mol. The van der Waals surface area contributed by atoms with Gasteiger partial charge < -0.3 is 5.11 Å². The Hall–Kier alpha value is -0.530. The molecule has 0 aromatic rings. The van der Waals surface area contributed by atoms with Crippen molar-refractivity contribution in [3.05, 3.63) is 0 Å². The lowest BCUT2D eigenvalue weighted by Crippen LogP contribution is -2.37. The number of hydrogen-bond acceptors (Lipinski definition) is 1. The van der Waals surface area contributed by atoms with Crippen LogP contribution in [-0.4, -0.2) is 11.1 Å². The zero-order chi connectivity index (χ0) is 31.7. The molecule has 2 heteroatoms. The first-order valence-corrected chi connectivity index (χ1v) is 20.3. The van der Waals surface area contributed by atoms with Gasteiger partial charge in [-0.3, -0.25) is 4.79 Å². The molecule has 0 amide bonds. The minimum atomic E-state index is -0.538.